The molecule has 8 nitrogen and oxygen atoms in total. The zero-order chi connectivity index (χ0) is 26.8. The van der Waals surface area contributed by atoms with Gasteiger partial charge in [0.2, 0.25) is 0 Å². The van der Waals surface area contributed by atoms with Crippen molar-refractivity contribution in [3.63, 3.8) is 0 Å². The number of methoxy groups -OCH3 is 1. The predicted octanol–water partition coefficient (Wildman–Crippen LogP) is 6.03. The highest BCUT2D eigenvalue weighted by molar-refractivity contribution is 6.31. The number of aryl methyl sites for hydroxylation is 1. The molecule has 38 heavy (non-hydrogen) atoms. The topological polar surface area (TPSA) is 97.3 Å². The minimum atomic E-state index is -0.668. The summed E-state index contributed by atoms with van der Waals surface area (Å²) in [5.74, 6) is 0.515. The van der Waals surface area contributed by atoms with Gasteiger partial charge in [0.25, 0.3) is 11.8 Å². The largest absolute Gasteiger partial charge is 0.497 e. The average molecular weight is 528 g/mol. The van der Waals surface area contributed by atoms with Crippen LogP contribution in [0.1, 0.15) is 34.5 Å². The van der Waals surface area contributed by atoms with E-state index in [9.17, 15) is 9.59 Å². The fourth-order valence-electron chi connectivity index (χ4n) is 4.49. The van der Waals surface area contributed by atoms with E-state index >= 15 is 0 Å². The molecule has 1 aromatic heterocycles. The van der Waals surface area contributed by atoms with Crippen LogP contribution in [0.25, 0.3) is 0 Å². The Kier molecular flexibility index (Phi) is 6.89. The van der Waals surface area contributed by atoms with E-state index < -0.39 is 6.04 Å². The van der Waals surface area contributed by atoms with Crippen molar-refractivity contribution in [2.24, 2.45) is 0 Å². The van der Waals surface area contributed by atoms with Crippen molar-refractivity contribution in [3.8, 4) is 5.75 Å². The number of nitrogens with one attached hydrogen (secondary N) is 3. The van der Waals surface area contributed by atoms with Crippen molar-refractivity contribution in [3.05, 3.63) is 112 Å². The van der Waals surface area contributed by atoms with E-state index in [0.29, 0.717) is 50.4 Å². The maximum Gasteiger partial charge on any atom is 0.261 e. The number of benzene rings is 3. The Morgan fingerprint density at radius 2 is 1.68 bits per heavy atom. The molecular formula is C29H26ClN5O3. The van der Waals surface area contributed by atoms with Gasteiger partial charge in [0.15, 0.2) is 0 Å². The van der Waals surface area contributed by atoms with Gasteiger partial charge >= 0.3 is 0 Å². The highest BCUT2D eigenvalue weighted by atomic mass is 35.5. The lowest BCUT2D eigenvalue weighted by atomic mass is 9.94. The SMILES string of the molecule is COc1ccc(NC(=O)C2=C(C)Nc3c(C(=O)Nc4cccc(C)c4)cnn3[C@H]2c2ccccc2Cl)cc1. The second-order valence-electron chi connectivity index (χ2n) is 8.95. The van der Waals surface area contributed by atoms with Gasteiger partial charge in [-0.15, -0.1) is 0 Å². The number of fused-ring (bicyclic) bond motifs is 1. The summed E-state index contributed by atoms with van der Waals surface area (Å²) >= 11 is 6.62. The summed E-state index contributed by atoms with van der Waals surface area (Å²) < 4.78 is 6.84. The molecule has 0 radical (unpaired) electrons. The Bertz CT molecular complexity index is 1560. The number of aromatic nitrogens is 2. The molecule has 5 rings (SSSR count). The molecule has 0 saturated heterocycles. The Morgan fingerprint density at radius 1 is 0.947 bits per heavy atom. The molecule has 0 saturated carbocycles. The van der Waals surface area contributed by atoms with Crippen LogP contribution >= 0.6 is 11.6 Å². The van der Waals surface area contributed by atoms with E-state index in [2.05, 4.69) is 21.0 Å². The lowest BCUT2D eigenvalue weighted by Crippen LogP contribution is -2.32. The fraction of sp³-hybridized carbons (Fsp3) is 0.138. The lowest BCUT2D eigenvalue weighted by molar-refractivity contribution is -0.113. The molecule has 4 aromatic rings. The van der Waals surface area contributed by atoms with Gasteiger partial charge in [-0.05, 0) is 61.9 Å². The Hall–Kier alpha value is -4.56. The van der Waals surface area contributed by atoms with Gasteiger partial charge in [-0.1, -0.05) is 41.9 Å². The van der Waals surface area contributed by atoms with Crippen molar-refractivity contribution < 1.29 is 14.3 Å². The number of carbonyl (C=O) groups excluding carboxylic acids is 2. The molecule has 0 spiro atoms. The third-order valence-corrected chi connectivity index (χ3v) is 6.68. The highest BCUT2D eigenvalue weighted by Crippen LogP contribution is 2.40. The first-order valence-corrected chi connectivity index (χ1v) is 12.4. The van der Waals surface area contributed by atoms with Gasteiger partial charge in [0, 0.05) is 27.7 Å². The van der Waals surface area contributed by atoms with Crippen molar-refractivity contribution in [1.29, 1.82) is 0 Å². The highest BCUT2D eigenvalue weighted by Gasteiger charge is 2.36. The van der Waals surface area contributed by atoms with Crippen molar-refractivity contribution in [2.75, 3.05) is 23.1 Å². The van der Waals surface area contributed by atoms with Gasteiger partial charge in [-0.2, -0.15) is 5.10 Å². The summed E-state index contributed by atoms with van der Waals surface area (Å²) in [6.45, 7) is 3.76. The number of allylic oxidation sites excluding steroid dienone is 1. The number of halogens is 1. The molecule has 0 fully saturated rings. The van der Waals surface area contributed by atoms with Gasteiger partial charge in [0.1, 0.15) is 23.2 Å². The van der Waals surface area contributed by atoms with Crippen LogP contribution in [0.15, 0.2) is 90.3 Å². The van der Waals surface area contributed by atoms with Crippen LogP contribution in [0.4, 0.5) is 17.2 Å². The van der Waals surface area contributed by atoms with Gasteiger partial charge in [0.05, 0.1) is 18.9 Å². The van der Waals surface area contributed by atoms with Crippen LogP contribution in [0.2, 0.25) is 5.02 Å². The maximum absolute atomic E-state index is 13.6. The molecule has 3 N–H and O–H groups in total. The minimum Gasteiger partial charge on any atom is -0.497 e. The van der Waals surface area contributed by atoms with Gasteiger partial charge in [-0.25, -0.2) is 4.68 Å². The molecule has 0 unspecified atom stereocenters. The third-order valence-electron chi connectivity index (χ3n) is 6.34. The summed E-state index contributed by atoms with van der Waals surface area (Å²) in [6, 6.07) is 21.3. The Balaban J connectivity index is 1.53. The van der Waals surface area contributed by atoms with Crippen molar-refractivity contribution in [1.82, 2.24) is 9.78 Å². The van der Waals surface area contributed by atoms with Gasteiger partial charge in [-0.3, -0.25) is 9.59 Å². The molecule has 1 atom stereocenters. The van der Waals surface area contributed by atoms with E-state index in [4.69, 9.17) is 16.3 Å². The Labute approximate surface area is 225 Å². The molecule has 2 amide bonds. The lowest BCUT2D eigenvalue weighted by Gasteiger charge is -2.30. The number of carbonyl (C=O) groups is 2. The van der Waals surface area contributed by atoms with Crippen LogP contribution in [0.5, 0.6) is 5.75 Å². The summed E-state index contributed by atoms with van der Waals surface area (Å²) in [5, 5.41) is 14.1. The minimum absolute atomic E-state index is 0.318. The van der Waals surface area contributed by atoms with E-state index in [0.717, 1.165) is 5.56 Å². The van der Waals surface area contributed by atoms with E-state index in [1.165, 1.54) is 6.20 Å². The van der Waals surface area contributed by atoms with Crippen LogP contribution in [-0.2, 0) is 4.79 Å². The summed E-state index contributed by atoms with van der Waals surface area (Å²) in [7, 11) is 1.58. The molecule has 192 valence electrons. The monoisotopic (exact) mass is 527 g/mol. The zero-order valence-corrected chi connectivity index (χ0v) is 21.8. The zero-order valence-electron chi connectivity index (χ0n) is 21.1. The first-order valence-electron chi connectivity index (χ1n) is 12.0. The second kappa shape index (κ2) is 10.4. The van der Waals surface area contributed by atoms with Crippen LogP contribution < -0.4 is 20.7 Å². The van der Waals surface area contributed by atoms with Crippen LogP contribution in [-0.4, -0.2) is 28.7 Å². The quantitative estimate of drug-likeness (QED) is 0.284. The second-order valence-corrected chi connectivity index (χ2v) is 9.35. The summed E-state index contributed by atoms with van der Waals surface area (Å²) in [4.78, 5) is 26.9. The number of hydrogen-bond acceptors (Lipinski definition) is 5. The number of nitrogens with zero attached hydrogens (tertiary/aromatic N) is 2. The van der Waals surface area contributed by atoms with E-state index in [1.807, 2.05) is 49.4 Å². The van der Waals surface area contributed by atoms with Gasteiger partial charge < -0.3 is 20.7 Å². The Morgan fingerprint density at radius 3 is 2.39 bits per heavy atom. The average Bonchev–Trinajstić information content (AvgIpc) is 3.32. The third kappa shape index (κ3) is 4.86. The molecule has 2 heterocycles. The smallest absolute Gasteiger partial charge is 0.261 e. The number of hydrogen-bond donors (Lipinski definition) is 3. The molecule has 0 aliphatic carbocycles. The van der Waals surface area contributed by atoms with Crippen molar-refractivity contribution >= 4 is 40.6 Å². The summed E-state index contributed by atoms with van der Waals surface area (Å²) in [6.07, 6.45) is 1.49. The standard InChI is InChI=1S/C29H26ClN5O3/c1-17-7-6-8-20(15-17)34-28(36)23-16-31-35-26(22-9-4-5-10-24(22)30)25(18(2)32-27(23)35)29(37)33-19-11-13-21(38-3)14-12-19/h4-16,26,32H,1-3H3,(H,33,37)(H,34,36)/t26-/m0/s1. The molecule has 0 bridgehead atoms. The van der Waals surface area contributed by atoms with Crippen LogP contribution in [0.3, 0.4) is 0 Å². The first kappa shape index (κ1) is 25.1. The molecule has 1 aliphatic rings. The number of anilines is 3. The normalized spacial score (nSPS) is 14.4. The van der Waals surface area contributed by atoms with Crippen molar-refractivity contribution in [2.45, 2.75) is 19.9 Å². The maximum atomic E-state index is 13.6. The van der Waals surface area contributed by atoms with E-state index in [-0.39, 0.29) is 11.8 Å². The number of rotatable bonds is 6. The van der Waals surface area contributed by atoms with Crippen LogP contribution in [0, 0.1) is 6.92 Å². The van der Waals surface area contributed by atoms with E-state index in [1.54, 1.807) is 49.0 Å². The predicted molar refractivity (Wildman–Crippen MR) is 149 cm³/mol. The number of ether oxygens (including phenoxy) is 1. The summed E-state index contributed by atoms with van der Waals surface area (Å²) in [5.41, 5.74) is 4.36. The fourth-order valence-corrected chi connectivity index (χ4v) is 4.73. The molecule has 1 aliphatic heterocycles. The first-order chi connectivity index (χ1) is 18.4. The molecule has 9 heteroatoms. The molecule has 3 aromatic carbocycles. The number of amides is 2. The molecular weight excluding hydrogens is 502 g/mol.